The van der Waals surface area contributed by atoms with E-state index in [1.54, 1.807) is 0 Å². The molecule has 10 heterocycles. The van der Waals surface area contributed by atoms with Crippen LogP contribution in [0.4, 0.5) is 0 Å². The van der Waals surface area contributed by atoms with Crippen molar-refractivity contribution in [2.24, 2.45) is 0 Å². The van der Waals surface area contributed by atoms with Gasteiger partial charge in [-0.05, 0) is 273 Å². The molecule has 0 unspecified atom stereocenters. The second-order valence-corrected chi connectivity index (χ2v) is 52.2. The zero-order valence-electron chi connectivity index (χ0n) is 90.3. The number of nitrogens with one attached hydrogen (secondary N) is 4. The van der Waals surface area contributed by atoms with Gasteiger partial charge in [-0.1, -0.05) is 381 Å². The summed E-state index contributed by atoms with van der Waals surface area (Å²) in [5, 5.41) is 2.89. The largest absolute Gasteiger partial charge is 0.354 e. The summed E-state index contributed by atoms with van der Waals surface area (Å²) < 4.78 is 0. The van der Waals surface area contributed by atoms with Gasteiger partial charge in [0.25, 0.3) is 0 Å². The number of nitrogens with zero attached hydrogens (tertiary/aromatic N) is 4. The van der Waals surface area contributed by atoms with Crippen molar-refractivity contribution in [2.45, 2.75) is 314 Å². The highest BCUT2D eigenvalue weighted by atomic mass is 14.8. The molecule has 6 aromatic carbocycles. The van der Waals surface area contributed by atoms with Gasteiger partial charge in [-0.2, -0.15) is 0 Å². The van der Waals surface area contributed by atoms with E-state index in [1.807, 2.05) is 0 Å². The Balaban J connectivity index is 1.14. The van der Waals surface area contributed by atoms with Crippen LogP contribution in [0.5, 0.6) is 0 Å². The van der Waals surface area contributed by atoms with Gasteiger partial charge in [-0.15, -0.1) is 0 Å². The summed E-state index contributed by atoms with van der Waals surface area (Å²) in [5.74, 6) is 0. The lowest BCUT2D eigenvalue weighted by Gasteiger charge is -2.26. The van der Waals surface area contributed by atoms with Gasteiger partial charge in [0, 0.05) is 66.5 Å². The van der Waals surface area contributed by atoms with E-state index in [4.69, 9.17) is 19.9 Å². The number of hydrogen-bond donors (Lipinski definition) is 4. The summed E-state index contributed by atoms with van der Waals surface area (Å²) in [6.45, 7) is 83.2. The molecule has 0 saturated carbocycles. The van der Waals surface area contributed by atoms with Gasteiger partial charge in [0.15, 0.2) is 0 Å². The maximum absolute atomic E-state index is 6.01. The molecule has 0 saturated heterocycles. The monoisotopic (exact) mass is 1840 g/mol. The molecule has 140 heavy (non-hydrogen) atoms. The lowest BCUT2D eigenvalue weighted by atomic mass is 9.78. The third-order valence-corrected chi connectivity index (χ3v) is 28.3. The molecule has 4 aliphatic heterocycles. The number of rotatable bonds is 6. The van der Waals surface area contributed by atoms with E-state index in [2.05, 4.69) is 509 Å². The molecule has 16 bridgehead atoms. The Labute approximate surface area is 832 Å². The standard InChI is InChI=1S/C132H144N8/c1-121(2,3)87-53-81(54-88(69-87)122(4,5)6)115-99-45-49-103(133-99)117(83-57-91(125(13,14)15)71-92(58-83)126(16,17)18)111-65-77-41-37-39-43-79-67-113-119(85-61-95(129(25,26)27)73-96(62-85)130(28,29)30)105-51-47-101(135-105)116(82-55-89(123(7,8)9)70-90(56-82)124(10,11)12)102-48-52-106(136-102)120(86-63-97(131(31,32)33)74-98(64-86)132(34,35)36)114-68-80(110(140-114)76-109(79)139-113)44-40-38-42-78-66-112(138-108(78)75-107(77)137-111)118(104-50-46-100(115)134-104)84-59-93(127(19,20)21)72-94(60-84)128(22,23)24/h45-76,133,135,138,140H,1-36H3. The van der Waals surface area contributed by atoms with E-state index >= 15 is 0 Å². The van der Waals surface area contributed by atoms with Crippen molar-refractivity contribution in [3.63, 3.8) is 0 Å². The van der Waals surface area contributed by atoms with Gasteiger partial charge >= 0.3 is 0 Å². The summed E-state index contributed by atoms with van der Waals surface area (Å²) in [5.41, 5.74) is 65.8. The number of H-pyrrole nitrogens is 4. The first-order chi connectivity index (χ1) is 64.8. The molecule has 12 aromatic rings. The van der Waals surface area contributed by atoms with Crippen molar-refractivity contribution in [3.05, 3.63) is 314 Å². The molecule has 0 radical (unpaired) electrons. The lowest BCUT2D eigenvalue weighted by molar-refractivity contribution is 0.568. The summed E-state index contributed by atoms with van der Waals surface area (Å²) >= 11 is 0. The molecule has 8 nitrogen and oxygen atoms in total. The van der Waals surface area contributed by atoms with E-state index in [0.29, 0.717) is 33.0 Å². The number of fused-ring (bicyclic) bond motifs is 12. The molecule has 5 aliphatic rings. The molecule has 0 fully saturated rings. The first-order valence-corrected chi connectivity index (χ1v) is 50.3. The van der Waals surface area contributed by atoms with Crippen LogP contribution >= 0.6 is 0 Å². The third kappa shape index (κ3) is 20.0. The second-order valence-electron chi connectivity index (χ2n) is 52.2. The van der Waals surface area contributed by atoms with E-state index in [1.165, 1.54) is 66.8 Å². The zero-order valence-corrected chi connectivity index (χ0v) is 90.3. The summed E-state index contributed by atoms with van der Waals surface area (Å²) in [6.07, 6.45) is 13.3. The van der Waals surface area contributed by atoms with Crippen LogP contribution in [0.15, 0.2) is 192 Å². The molecule has 1 aliphatic carbocycles. The van der Waals surface area contributed by atoms with E-state index in [9.17, 15) is 0 Å². The van der Waals surface area contributed by atoms with Crippen molar-refractivity contribution in [1.82, 2.24) is 39.9 Å². The number of aromatic amines is 4. The Morgan fingerprint density at radius 2 is 0.371 bits per heavy atom. The molecule has 0 amide bonds. The highest BCUT2D eigenvalue weighted by molar-refractivity contribution is 6.02. The SMILES string of the molecule is CC(C)(C)c1cc(-c2c3nc(c(-c4cc(C(C)(C)C)cc(C(C)(C)C)c4)c4cc5c(cc6nc(c(-c7cc(C(C)(C)C)cc(C(C)(C)C)c7)c7ccc2[nH]7)=CC6=C=C=C=C=C2C=c6nc2cc2[nH]c(cc2=C=C=C=C=5)c(-c2cc(C(C)(C)C)cc(C(C)(C)C)c2)c2nc(c(-c5cc(C(C)(C)C)cc(C(C)(C)C)c5)c5ccc([nH]5)c6-c5cc(C(C)(C)C)cc(C(C)(C)C)c5)C=C2)[nH]4)C=C3)cc(C(C)(C)C)c1. The molecule has 0 atom stereocenters. The average Bonchev–Trinajstić information content (AvgIpc) is 1.59. The fourth-order valence-electron chi connectivity index (χ4n) is 19.0. The van der Waals surface area contributed by atoms with Crippen molar-refractivity contribution >= 4 is 103 Å². The predicted molar refractivity (Wildman–Crippen MR) is 599 cm³/mol. The Morgan fingerprint density at radius 1 is 0.186 bits per heavy atom. The fraction of sp³-hybridized carbons (Fsp3) is 0.364. The second kappa shape index (κ2) is 34.3. The molecule has 6 aromatic heterocycles. The van der Waals surface area contributed by atoms with Gasteiger partial charge < -0.3 is 19.9 Å². The maximum Gasteiger partial charge on any atom is 0.0815 e. The minimum absolute atomic E-state index is 0.196. The van der Waals surface area contributed by atoms with Crippen molar-refractivity contribution in [2.75, 3.05) is 0 Å². The van der Waals surface area contributed by atoms with Gasteiger partial charge in [0.2, 0.25) is 0 Å². The van der Waals surface area contributed by atoms with Gasteiger partial charge in [-0.3, -0.25) is 0 Å². The Kier molecular flexibility index (Phi) is 24.1. The first kappa shape index (κ1) is 98.4. The molecule has 8 heteroatoms. The smallest absolute Gasteiger partial charge is 0.0815 e. The summed E-state index contributed by atoms with van der Waals surface area (Å²) in [4.78, 5) is 40.5. The average molecular weight is 1840 g/mol. The molecule has 712 valence electrons. The van der Waals surface area contributed by atoms with Crippen LogP contribution in [0, 0.1) is 0 Å². The zero-order chi connectivity index (χ0) is 101. The minimum Gasteiger partial charge on any atom is -0.354 e. The van der Waals surface area contributed by atoms with E-state index in [-0.39, 0.29) is 65.0 Å². The van der Waals surface area contributed by atoms with Crippen molar-refractivity contribution < 1.29 is 0 Å². The number of benzene rings is 6. The van der Waals surface area contributed by atoms with Crippen LogP contribution in [0.1, 0.15) is 350 Å². The topological polar surface area (TPSA) is 115 Å². The van der Waals surface area contributed by atoms with Crippen LogP contribution in [-0.4, -0.2) is 39.9 Å². The normalized spacial score (nSPS) is 13.9. The minimum atomic E-state index is -0.227. The lowest BCUT2D eigenvalue weighted by Crippen LogP contribution is -2.17. The summed E-state index contributed by atoms with van der Waals surface area (Å²) in [6, 6.07) is 60.7. The molecular formula is C132H144N8. The number of allylic oxidation sites excluding steroid dienone is 2. The van der Waals surface area contributed by atoms with Crippen LogP contribution in [0.2, 0.25) is 0 Å². The first-order valence-electron chi connectivity index (χ1n) is 50.3. The maximum atomic E-state index is 6.01. The van der Waals surface area contributed by atoms with Gasteiger partial charge in [0.1, 0.15) is 0 Å². The Bertz CT molecular complexity index is 7650. The van der Waals surface area contributed by atoms with Gasteiger partial charge in [-0.25, -0.2) is 19.9 Å². The van der Waals surface area contributed by atoms with Crippen molar-refractivity contribution in [3.8, 4) is 66.8 Å². The van der Waals surface area contributed by atoms with Crippen LogP contribution < -0.4 is 21.1 Å². The Morgan fingerprint density at radius 3 is 0.586 bits per heavy atom. The van der Waals surface area contributed by atoms with Crippen LogP contribution in [-0.2, 0) is 65.0 Å². The molecule has 0 spiro atoms. The summed E-state index contributed by atoms with van der Waals surface area (Å²) in [7, 11) is 0. The Hall–Kier alpha value is -13.2. The van der Waals surface area contributed by atoms with Crippen LogP contribution in [0.3, 0.4) is 0 Å². The third-order valence-electron chi connectivity index (χ3n) is 28.3. The van der Waals surface area contributed by atoms with E-state index < -0.39 is 0 Å². The van der Waals surface area contributed by atoms with Crippen LogP contribution in [0.25, 0.3) is 170 Å². The highest BCUT2D eigenvalue weighted by Crippen LogP contribution is 2.47. The number of hydrogen-bond acceptors (Lipinski definition) is 4. The highest BCUT2D eigenvalue weighted by Gasteiger charge is 2.33. The van der Waals surface area contributed by atoms with Gasteiger partial charge in [0.05, 0.1) is 77.5 Å². The predicted octanol–water partition coefficient (Wildman–Crippen LogP) is 32.0. The quantitative estimate of drug-likeness (QED) is 0.124. The fourth-order valence-corrected chi connectivity index (χ4v) is 19.0. The van der Waals surface area contributed by atoms with E-state index in [0.717, 1.165) is 144 Å². The van der Waals surface area contributed by atoms with Crippen molar-refractivity contribution in [1.29, 1.82) is 0 Å². The molecule has 4 N–H and O–H groups in total. The molecular weight excluding hydrogens is 1700 g/mol. The number of aromatic nitrogens is 8. The molecule has 17 rings (SSSR count).